The van der Waals surface area contributed by atoms with Gasteiger partial charge in [0.2, 0.25) is 5.95 Å². The van der Waals surface area contributed by atoms with Crippen molar-refractivity contribution in [2.45, 2.75) is 19.3 Å². The molecule has 0 unspecified atom stereocenters. The van der Waals surface area contributed by atoms with Crippen LogP contribution in [0.1, 0.15) is 25.0 Å². The van der Waals surface area contributed by atoms with Crippen LogP contribution in [0.3, 0.4) is 0 Å². The molecule has 4 nitrogen and oxygen atoms in total. The van der Waals surface area contributed by atoms with Gasteiger partial charge in [-0.05, 0) is 70.1 Å². The molecule has 0 atom stereocenters. The molecule has 0 fully saturated rings. The molecule has 1 aliphatic rings. The van der Waals surface area contributed by atoms with Crippen LogP contribution in [0.5, 0.6) is 0 Å². The molecule has 0 amide bonds. The fraction of sp³-hybridized carbons (Fsp3) is 0.0588. The molecule has 0 saturated carbocycles. The molecule has 0 aliphatic heterocycles. The number of rotatable bonds is 3. The molecule has 4 heteroatoms. The minimum atomic E-state index is -0.123. The molecule has 0 spiro atoms. The fourth-order valence-corrected chi connectivity index (χ4v) is 9.54. The standard InChI is InChI=1S/C51H34N4/c1-51(2)42-21-11-8-18-35(42)36-26-25-32(28-43(36)51)48-39-20-9-12-22-44(39)52-50(53-48)55-47-30-46-40(29-41(47)38-27-24-31-14-6-7-17-34(31)49(38)55)37-19-10-13-23-45(37)54(46)33-15-4-3-5-16-33/h3-30H,1-2H3. The number of hydrogen-bond acceptors (Lipinski definition) is 2. The summed E-state index contributed by atoms with van der Waals surface area (Å²) in [5, 5.41) is 8.21. The maximum absolute atomic E-state index is 5.59. The van der Waals surface area contributed by atoms with E-state index < -0.39 is 0 Å². The average molecular weight is 703 g/mol. The molecule has 1 aliphatic carbocycles. The zero-order valence-corrected chi connectivity index (χ0v) is 30.5. The van der Waals surface area contributed by atoms with E-state index in [0.29, 0.717) is 5.95 Å². The van der Waals surface area contributed by atoms with Gasteiger partial charge in [-0.15, -0.1) is 0 Å². The number of hydrogen-bond donors (Lipinski definition) is 0. The second-order valence-electron chi connectivity index (χ2n) is 15.4. The summed E-state index contributed by atoms with van der Waals surface area (Å²) in [6.45, 7) is 4.67. The van der Waals surface area contributed by atoms with Crippen LogP contribution in [0.15, 0.2) is 170 Å². The zero-order chi connectivity index (χ0) is 36.4. The van der Waals surface area contributed by atoms with E-state index in [4.69, 9.17) is 9.97 Å². The molecule has 3 aromatic heterocycles. The van der Waals surface area contributed by atoms with Crippen LogP contribution in [-0.4, -0.2) is 19.1 Å². The Labute approximate surface area is 317 Å². The van der Waals surface area contributed by atoms with Gasteiger partial charge in [0.25, 0.3) is 0 Å². The molecule has 8 aromatic carbocycles. The Morgan fingerprint density at radius 3 is 2.02 bits per heavy atom. The first-order valence-electron chi connectivity index (χ1n) is 19.0. The van der Waals surface area contributed by atoms with Crippen molar-refractivity contribution < 1.29 is 0 Å². The van der Waals surface area contributed by atoms with Gasteiger partial charge in [0, 0.05) is 49.0 Å². The van der Waals surface area contributed by atoms with E-state index in [9.17, 15) is 0 Å². The summed E-state index contributed by atoms with van der Waals surface area (Å²) in [7, 11) is 0. The van der Waals surface area contributed by atoms with Gasteiger partial charge in [-0.25, -0.2) is 9.97 Å². The van der Waals surface area contributed by atoms with Crippen LogP contribution in [0.4, 0.5) is 0 Å². The lowest BCUT2D eigenvalue weighted by atomic mass is 9.82. The predicted molar refractivity (Wildman–Crippen MR) is 229 cm³/mol. The lowest BCUT2D eigenvalue weighted by Gasteiger charge is -2.22. The topological polar surface area (TPSA) is 35.6 Å². The third-order valence-electron chi connectivity index (χ3n) is 12.1. The van der Waals surface area contributed by atoms with Gasteiger partial charge in [-0.2, -0.15) is 0 Å². The first-order valence-corrected chi connectivity index (χ1v) is 19.0. The van der Waals surface area contributed by atoms with E-state index in [1.807, 2.05) is 0 Å². The van der Waals surface area contributed by atoms with Crippen LogP contribution in [0.2, 0.25) is 0 Å². The molecule has 0 bridgehead atoms. The first kappa shape index (κ1) is 30.4. The maximum Gasteiger partial charge on any atom is 0.235 e. The lowest BCUT2D eigenvalue weighted by Crippen LogP contribution is -2.15. The molecule has 12 rings (SSSR count). The summed E-state index contributed by atoms with van der Waals surface area (Å²) in [5.74, 6) is 0.662. The van der Waals surface area contributed by atoms with Crippen LogP contribution in [-0.2, 0) is 5.41 Å². The molecule has 258 valence electrons. The van der Waals surface area contributed by atoms with E-state index in [0.717, 1.165) is 44.4 Å². The van der Waals surface area contributed by atoms with Gasteiger partial charge >= 0.3 is 0 Å². The van der Waals surface area contributed by atoms with Crippen molar-refractivity contribution in [3.05, 3.63) is 181 Å². The lowest BCUT2D eigenvalue weighted by molar-refractivity contribution is 0.660. The van der Waals surface area contributed by atoms with Crippen molar-refractivity contribution in [2.24, 2.45) is 0 Å². The number of para-hydroxylation sites is 3. The highest BCUT2D eigenvalue weighted by molar-refractivity contribution is 6.23. The SMILES string of the molecule is CC1(C)c2ccccc2-c2ccc(-c3nc(-n4c5cc6c(cc5c5ccc7ccccc7c54)c4ccccc4n6-c4ccccc4)nc4ccccc34)cc21. The van der Waals surface area contributed by atoms with Crippen LogP contribution in [0.25, 0.3) is 99.3 Å². The highest BCUT2D eigenvalue weighted by atomic mass is 15.2. The molecule has 55 heavy (non-hydrogen) atoms. The predicted octanol–water partition coefficient (Wildman–Crippen LogP) is 13.0. The molecule has 0 saturated heterocycles. The van der Waals surface area contributed by atoms with Gasteiger partial charge in [-0.3, -0.25) is 4.57 Å². The van der Waals surface area contributed by atoms with Crippen LogP contribution in [0, 0.1) is 0 Å². The van der Waals surface area contributed by atoms with Crippen molar-refractivity contribution in [2.75, 3.05) is 0 Å². The van der Waals surface area contributed by atoms with Crippen molar-refractivity contribution in [3.63, 3.8) is 0 Å². The van der Waals surface area contributed by atoms with Crippen molar-refractivity contribution in [3.8, 4) is 34.0 Å². The Kier molecular flexibility index (Phi) is 6.09. The number of fused-ring (bicyclic) bond motifs is 12. The normalized spacial score (nSPS) is 13.4. The third kappa shape index (κ3) is 4.17. The number of nitrogens with zero attached hydrogens (tertiary/aromatic N) is 4. The summed E-state index contributed by atoms with van der Waals surface area (Å²) in [4.78, 5) is 11.0. The van der Waals surface area contributed by atoms with Gasteiger partial charge in [0.05, 0.1) is 33.3 Å². The molecule has 3 heterocycles. The smallest absolute Gasteiger partial charge is 0.235 e. The fourth-order valence-electron chi connectivity index (χ4n) is 9.54. The third-order valence-corrected chi connectivity index (χ3v) is 12.1. The number of aromatic nitrogens is 4. The van der Waals surface area contributed by atoms with Gasteiger partial charge in [0.15, 0.2) is 0 Å². The van der Waals surface area contributed by atoms with Gasteiger partial charge in [-0.1, -0.05) is 141 Å². The molecule has 0 radical (unpaired) electrons. The monoisotopic (exact) mass is 702 g/mol. The van der Waals surface area contributed by atoms with E-state index >= 15 is 0 Å². The summed E-state index contributed by atoms with van der Waals surface area (Å²) >= 11 is 0. The Bertz CT molecular complexity index is 3400. The molecular weight excluding hydrogens is 669 g/mol. The minimum absolute atomic E-state index is 0.123. The quantitative estimate of drug-likeness (QED) is 0.184. The van der Waals surface area contributed by atoms with E-state index in [1.54, 1.807) is 0 Å². The number of benzene rings is 8. The first-order chi connectivity index (χ1) is 27.0. The summed E-state index contributed by atoms with van der Waals surface area (Å²) in [5.41, 5.74) is 13.8. The maximum atomic E-state index is 5.59. The van der Waals surface area contributed by atoms with Crippen molar-refractivity contribution in [1.82, 2.24) is 19.1 Å². The molecular formula is C51H34N4. The van der Waals surface area contributed by atoms with Crippen molar-refractivity contribution >= 4 is 65.3 Å². The van der Waals surface area contributed by atoms with Crippen LogP contribution < -0.4 is 0 Å². The van der Waals surface area contributed by atoms with Crippen LogP contribution >= 0.6 is 0 Å². The Hall–Kier alpha value is -7.04. The summed E-state index contributed by atoms with van der Waals surface area (Å²) in [6, 6.07) is 61.5. The largest absolute Gasteiger partial charge is 0.309 e. The highest BCUT2D eigenvalue weighted by Gasteiger charge is 2.35. The van der Waals surface area contributed by atoms with Gasteiger partial charge in [0.1, 0.15) is 0 Å². The van der Waals surface area contributed by atoms with E-state index in [2.05, 4.69) is 193 Å². The molecule has 11 aromatic rings. The molecule has 0 N–H and O–H groups in total. The Morgan fingerprint density at radius 1 is 0.436 bits per heavy atom. The van der Waals surface area contributed by atoms with Gasteiger partial charge < -0.3 is 4.57 Å². The zero-order valence-electron chi connectivity index (χ0n) is 30.5. The Balaban J connectivity index is 1.20. The summed E-state index contributed by atoms with van der Waals surface area (Å²) in [6.07, 6.45) is 0. The minimum Gasteiger partial charge on any atom is -0.309 e. The summed E-state index contributed by atoms with van der Waals surface area (Å²) < 4.78 is 4.71. The van der Waals surface area contributed by atoms with E-state index in [1.165, 1.54) is 60.1 Å². The second kappa shape index (κ2) is 11.0. The second-order valence-corrected chi connectivity index (χ2v) is 15.4. The van der Waals surface area contributed by atoms with E-state index in [-0.39, 0.29) is 5.41 Å². The van der Waals surface area contributed by atoms with Crippen molar-refractivity contribution in [1.29, 1.82) is 0 Å². The highest BCUT2D eigenvalue weighted by Crippen LogP contribution is 2.50. The Morgan fingerprint density at radius 2 is 1.13 bits per heavy atom. The average Bonchev–Trinajstić information content (AvgIpc) is 3.82.